The highest BCUT2D eigenvalue weighted by Gasteiger charge is 2.23. The highest BCUT2D eigenvalue weighted by atomic mass is 16.5. The molecule has 0 unspecified atom stereocenters. The maximum Gasteiger partial charge on any atom is 0.209 e. The lowest BCUT2D eigenvalue weighted by atomic mass is 10.2. The summed E-state index contributed by atoms with van der Waals surface area (Å²) in [4.78, 5) is 6.72. The molecule has 106 valence electrons. The van der Waals surface area contributed by atoms with Crippen LogP contribution in [-0.4, -0.2) is 35.2 Å². The molecular formula is C16H20N2O2. The summed E-state index contributed by atoms with van der Waals surface area (Å²) in [7, 11) is 0. The normalized spacial score (nSPS) is 23.9. The van der Waals surface area contributed by atoms with Crippen LogP contribution in [-0.2, 0) is 11.3 Å². The van der Waals surface area contributed by atoms with Crippen LogP contribution in [0.25, 0.3) is 11.3 Å². The van der Waals surface area contributed by atoms with Gasteiger partial charge in [-0.15, -0.1) is 0 Å². The van der Waals surface area contributed by atoms with Crippen molar-refractivity contribution in [2.24, 2.45) is 0 Å². The Morgan fingerprint density at radius 3 is 2.55 bits per heavy atom. The lowest BCUT2D eigenvalue weighted by molar-refractivity contribution is -0.0721. The van der Waals surface area contributed by atoms with Gasteiger partial charge in [-0.2, -0.15) is 0 Å². The molecule has 0 amide bonds. The second-order valence-corrected chi connectivity index (χ2v) is 5.44. The van der Waals surface area contributed by atoms with Crippen LogP contribution in [0.1, 0.15) is 19.7 Å². The summed E-state index contributed by atoms with van der Waals surface area (Å²) in [5.74, 6) is 1.60. The molecular weight excluding hydrogens is 252 g/mol. The molecule has 0 bridgehead atoms. The molecule has 0 spiro atoms. The van der Waals surface area contributed by atoms with Gasteiger partial charge in [0.25, 0.3) is 0 Å². The van der Waals surface area contributed by atoms with Gasteiger partial charge in [0.2, 0.25) is 5.89 Å². The summed E-state index contributed by atoms with van der Waals surface area (Å²) in [6, 6.07) is 10.1. The van der Waals surface area contributed by atoms with E-state index in [-0.39, 0.29) is 12.2 Å². The fraction of sp³-hybridized carbons (Fsp3) is 0.438. The first-order chi connectivity index (χ1) is 9.70. The van der Waals surface area contributed by atoms with Crippen molar-refractivity contribution in [2.45, 2.75) is 32.6 Å². The third kappa shape index (κ3) is 3.08. The standard InChI is InChI=1S/C16H20N2O2/c1-12-9-18(10-13(2)19-12)11-16-17-8-15(20-16)14-6-4-3-5-7-14/h3-8,12-13H,9-11H2,1-2H3/t12-,13+. The average Bonchev–Trinajstić information content (AvgIpc) is 2.87. The maximum atomic E-state index is 5.85. The quantitative estimate of drug-likeness (QED) is 0.861. The average molecular weight is 272 g/mol. The van der Waals surface area contributed by atoms with E-state index < -0.39 is 0 Å². The van der Waals surface area contributed by atoms with Gasteiger partial charge in [-0.3, -0.25) is 4.90 Å². The highest BCUT2D eigenvalue weighted by Crippen LogP contribution is 2.21. The molecule has 4 nitrogen and oxygen atoms in total. The van der Waals surface area contributed by atoms with E-state index in [4.69, 9.17) is 9.15 Å². The summed E-state index contributed by atoms with van der Waals surface area (Å²) >= 11 is 0. The minimum absolute atomic E-state index is 0.266. The van der Waals surface area contributed by atoms with Crippen molar-refractivity contribution < 1.29 is 9.15 Å². The lowest BCUT2D eigenvalue weighted by Gasteiger charge is -2.34. The highest BCUT2D eigenvalue weighted by molar-refractivity contribution is 5.55. The molecule has 1 fully saturated rings. The Morgan fingerprint density at radius 1 is 1.15 bits per heavy atom. The second-order valence-electron chi connectivity index (χ2n) is 5.44. The van der Waals surface area contributed by atoms with Gasteiger partial charge in [0.15, 0.2) is 5.76 Å². The van der Waals surface area contributed by atoms with Gasteiger partial charge < -0.3 is 9.15 Å². The maximum absolute atomic E-state index is 5.85. The van der Waals surface area contributed by atoms with Crippen molar-refractivity contribution in [3.05, 3.63) is 42.4 Å². The van der Waals surface area contributed by atoms with Crippen LogP contribution in [0.15, 0.2) is 40.9 Å². The molecule has 20 heavy (non-hydrogen) atoms. The van der Waals surface area contributed by atoms with Crippen molar-refractivity contribution in [3.63, 3.8) is 0 Å². The summed E-state index contributed by atoms with van der Waals surface area (Å²) < 4.78 is 11.6. The fourth-order valence-corrected chi connectivity index (χ4v) is 2.72. The van der Waals surface area contributed by atoms with Gasteiger partial charge in [0, 0.05) is 18.7 Å². The third-order valence-corrected chi connectivity index (χ3v) is 3.47. The molecule has 1 aromatic carbocycles. The number of ether oxygens (including phenoxy) is 1. The molecule has 4 heteroatoms. The van der Waals surface area contributed by atoms with E-state index in [1.54, 1.807) is 6.20 Å². The van der Waals surface area contributed by atoms with Crippen LogP contribution in [0.3, 0.4) is 0 Å². The number of oxazole rings is 1. The van der Waals surface area contributed by atoms with Crippen molar-refractivity contribution in [1.82, 2.24) is 9.88 Å². The Kier molecular flexibility index (Phi) is 3.85. The van der Waals surface area contributed by atoms with Crippen molar-refractivity contribution in [3.8, 4) is 11.3 Å². The SMILES string of the molecule is C[C@@H]1CN(Cc2ncc(-c3ccccc3)o2)C[C@H](C)O1. The molecule has 3 rings (SSSR count). The third-order valence-electron chi connectivity index (χ3n) is 3.47. The zero-order chi connectivity index (χ0) is 13.9. The number of hydrogen-bond acceptors (Lipinski definition) is 4. The van der Waals surface area contributed by atoms with Gasteiger partial charge in [0.1, 0.15) is 0 Å². The van der Waals surface area contributed by atoms with E-state index in [1.807, 2.05) is 30.3 Å². The van der Waals surface area contributed by atoms with Crippen LogP contribution in [0, 0.1) is 0 Å². The number of hydrogen-bond donors (Lipinski definition) is 0. The van der Waals surface area contributed by atoms with Gasteiger partial charge in [-0.05, 0) is 13.8 Å². The zero-order valence-electron chi connectivity index (χ0n) is 12.0. The first-order valence-electron chi connectivity index (χ1n) is 7.08. The van der Waals surface area contributed by atoms with Gasteiger partial charge in [0.05, 0.1) is 24.9 Å². The summed E-state index contributed by atoms with van der Waals surface area (Å²) in [5, 5.41) is 0. The first-order valence-corrected chi connectivity index (χ1v) is 7.08. The van der Waals surface area contributed by atoms with Crippen LogP contribution < -0.4 is 0 Å². The molecule has 2 atom stereocenters. The van der Waals surface area contributed by atoms with E-state index in [1.165, 1.54) is 0 Å². The van der Waals surface area contributed by atoms with E-state index in [0.29, 0.717) is 0 Å². The van der Waals surface area contributed by atoms with E-state index in [0.717, 1.165) is 36.8 Å². The van der Waals surface area contributed by atoms with Crippen LogP contribution >= 0.6 is 0 Å². The number of aromatic nitrogens is 1. The Hall–Kier alpha value is -1.65. The molecule has 0 saturated carbocycles. The van der Waals surface area contributed by atoms with Crippen molar-refractivity contribution >= 4 is 0 Å². The Morgan fingerprint density at radius 2 is 1.85 bits per heavy atom. The summed E-state index contributed by atoms with van der Waals surface area (Å²) in [5.41, 5.74) is 1.06. The van der Waals surface area contributed by atoms with Crippen LogP contribution in [0.4, 0.5) is 0 Å². The molecule has 0 radical (unpaired) electrons. The Balaban J connectivity index is 1.68. The molecule has 1 aromatic heterocycles. The molecule has 0 N–H and O–H groups in total. The van der Waals surface area contributed by atoms with Gasteiger partial charge in [-0.25, -0.2) is 4.98 Å². The molecule has 1 saturated heterocycles. The molecule has 2 heterocycles. The summed E-state index contributed by atoms with van der Waals surface area (Å²) in [6.07, 6.45) is 2.34. The first kappa shape index (κ1) is 13.3. The molecule has 1 aliphatic heterocycles. The van der Waals surface area contributed by atoms with E-state index >= 15 is 0 Å². The topological polar surface area (TPSA) is 38.5 Å². The van der Waals surface area contributed by atoms with Crippen LogP contribution in [0.2, 0.25) is 0 Å². The Bertz CT molecular complexity index is 543. The van der Waals surface area contributed by atoms with Crippen molar-refractivity contribution in [1.29, 1.82) is 0 Å². The largest absolute Gasteiger partial charge is 0.439 e. The fourth-order valence-electron chi connectivity index (χ4n) is 2.72. The minimum Gasteiger partial charge on any atom is -0.439 e. The molecule has 1 aliphatic rings. The van der Waals surface area contributed by atoms with Crippen LogP contribution in [0.5, 0.6) is 0 Å². The predicted octanol–water partition coefficient (Wildman–Crippen LogP) is 2.95. The zero-order valence-corrected chi connectivity index (χ0v) is 12.0. The number of rotatable bonds is 3. The van der Waals surface area contributed by atoms with E-state index in [2.05, 4.69) is 23.7 Å². The predicted molar refractivity (Wildman–Crippen MR) is 77.2 cm³/mol. The summed E-state index contributed by atoms with van der Waals surface area (Å²) in [6.45, 7) is 6.80. The smallest absolute Gasteiger partial charge is 0.209 e. The van der Waals surface area contributed by atoms with Gasteiger partial charge in [-0.1, -0.05) is 30.3 Å². The van der Waals surface area contributed by atoms with E-state index in [9.17, 15) is 0 Å². The minimum atomic E-state index is 0.266. The second kappa shape index (κ2) is 5.77. The number of benzene rings is 1. The lowest BCUT2D eigenvalue weighted by Crippen LogP contribution is -2.44. The Labute approximate surface area is 119 Å². The van der Waals surface area contributed by atoms with Gasteiger partial charge >= 0.3 is 0 Å². The monoisotopic (exact) mass is 272 g/mol. The molecule has 0 aliphatic carbocycles. The molecule has 2 aromatic rings. The van der Waals surface area contributed by atoms with Crippen molar-refractivity contribution in [2.75, 3.05) is 13.1 Å². The number of morpholine rings is 1. The number of nitrogens with zero attached hydrogens (tertiary/aromatic N) is 2.